The maximum absolute atomic E-state index is 13.3. The molecule has 1 unspecified atom stereocenters. The van der Waals surface area contributed by atoms with Crippen molar-refractivity contribution in [3.05, 3.63) is 23.8 Å². The van der Waals surface area contributed by atoms with Gasteiger partial charge >= 0.3 is 0 Å². The highest BCUT2D eigenvalue weighted by atomic mass is 16.5. The number of rotatable bonds is 12. The van der Waals surface area contributed by atoms with Gasteiger partial charge in [0.15, 0.2) is 0 Å². The predicted molar refractivity (Wildman–Crippen MR) is 143 cm³/mol. The minimum absolute atomic E-state index is 0.00988. The molecule has 0 radical (unpaired) electrons. The fourth-order valence-corrected chi connectivity index (χ4v) is 4.96. The third-order valence-corrected chi connectivity index (χ3v) is 7.44. The Morgan fingerprint density at radius 1 is 1.09 bits per heavy atom. The molecular formula is C28H46N4O3. The molecule has 2 aliphatic heterocycles. The maximum atomic E-state index is 13.3. The number of unbranched alkanes of at least 4 members (excludes halogenated alkanes) is 1. The highest BCUT2D eigenvalue weighted by Gasteiger charge is 2.23. The van der Waals surface area contributed by atoms with E-state index < -0.39 is 0 Å². The van der Waals surface area contributed by atoms with E-state index in [-0.39, 0.29) is 17.7 Å². The molecule has 0 saturated carbocycles. The minimum Gasteiger partial charge on any atom is -0.379 e. The van der Waals surface area contributed by atoms with E-state index >= 15 is 0 Å². The van der Waals surface area contributed by atoms with Crippen LogP contribution >= 0.6 is 0 Å². The highest BCUT2D eigenvalue weighted by Crippen LogP contribution is 2.29. The van der Waals surface area contributed by atoms with Crippen LogP contribution in [0, 0.1) is 11.8 Å². The number of ether oxygens (including phenoxy) is 1. The van der Waals surface area contributed by atoms with Crippen molar-refractivity contribution >= 4 is 23.2 Å². The molecule has 0 aliphatic carbocycles. The fourth-order valence-electron chi connectivity index (χ4n) is 4.96. The van der Waals surface area contributed by atoms with Gasteiger partial charge in [0.25, 0.3) is 5.91 Å². The van der Waals surface area contributed by atoms with Crippen LogP contribution in [0.25, 0.3) is 0 Å². The van der Waals surface area contributed by atoms with Crippen LogP contribution in [0.3, 0.4) is 0 Å². The van der Waals surface area contributed by atoms with E-state index in [2.05, 4.69) is 41.2 Å². The van der Waals surface area contributed by atoms with Gasteiger partial charge in [0.05, 0.1) is 18.8 Å². The van der Waals surface area contributed by atoms with Crippen molar-refractivity contribution in [3.63, 3.8) is 0 Å². The van der Waals surface area contributed by atoms with E-state index in [0.29, 0.717) is 17.8 Å². The number of carbonyl (C=O) groups excluding carboxylic acids is 2. The first-order chi connectivity index (χ1) is 17.0. The van der Waals surface area contributed by atoms with E-state index in [0.717, 1.165) is 102 Å². The van der Waals surface area contributed by atoms with Crippen LogP contribution in [-0.2, 0) is 9.53 Å². The van der Waals surface area contributed by atoms with E-state index in [1.807, 2.05) is 18.2 Å². The van der Waals surface area contributed by atoms with Gasteiger partial charge in [-0.1, -0.05) is 33.6 Å². The third kappa shape index (κ3) is 8.50. The number of hydrogen-bond donors (Lipinski definition) is 2. The van der Waals surface area contributed by atoms with Crippen molar-refractivity contribution < 1.29 is 14.3 Å². The number of hydrogen-bond acceptors (Lipinski definition) is 5. The molecule has 2 N–H and O–H groups in total. The number of carbonyl (C=O) groups is 2. The summed E-state index contributed by atoms with van der Waals surface area (Å²) in [4.78, 5) is 30.9. The standard InChI is InChI=1S/C28H46N4O3/c1-4-6-8-23(5-2)27(33)30-24-9-10-26(32-15-11-22(3)12-16-32)25(21-24)28(34)29-13-7-14-31-17-19-35-20-18-31/h9-10,21-23H,4-8,11-20H2,1-3H3,(H,29,34)(H,30,33). The zero-order valence-corrected chi connectivity index (χ0v) is 22.1. The Kier molecular flexibility index (Phi) is 11.3. The van der Waals surface area contributed by atoms with Crippen molar-refractivity contribution in [2.75, 3.05) is 62.7 Å². The summed E-state index contributed by atoms with van der Waals surface area (Å²) in [6.45, 7) is 13.5. The van der Waals surface area contributed by atoms with E-state index in [1.54, 1.807) is 0 Å². The first-order valence-corrected chi connectivity index (χ1v) is 13.8. The van der Waals surface area contributed by atoms with Crippen LogP contribution in [0.15, 0.2) is 18.2 Å². The highest BCUT2D eigenvalue weighted by molar-refractivity contribution is 6.02. The number of nitrogens with one attached hydrogen (secondary N) is 2. The Hall–Kier alpha value is -2.12. The Morgan fingerprint density at radius 2 is 1.83 bits per heavy atom. The smallest absolute Gasteiger partial charge is 0.253 e. The van der Waals surface area contributed by atoms with Crippen LogP contribution in [0.4, 0.5) is 11.4 Å². The molecule has 35 heavy (non-hydrogen) atoms. The van der Waals surface area contributed by atoms with Crippen LogP contribution in [0.5, 0.6) is 0 Å². The molecule has 2 saturated heterocycles. The summed E-state index contributed by atoms with van der Waals surface area (Å²) >= 11 is 0. The zero-order valence-electron chi connectivity index (χ0n) is 22.1. The van der Waals surface area contributed by atoms with Gasteiger partial charge in [0, 0.05) is 50.0 Å². The molecule has 2 amide bonds. The Morgan fingerprint density at radius 3 is 2.51 bits per heavy atom. The van der Waals surface area contributed by atoms with Crippen LogP contribution in [0.1, 0.15) is 76.1 Å². The molecule has 0 spiro atoms. The SMILES string of the molecule is CCCCC(CC)C(=O)Nc1ccc(N2CCC(C)CC2)c(C(=O)NCCCN2CCOCC2)c1. The summed E-state index contributed by atoms with van der Waals surface area (Å²) < 4.78 is 5.41. The van der Waals surface area contributed by atoms with E-state index in [9.17, 15) is 9.59 Å². The Balaban J connectivity index is 1.67. The second-order valence-electron chi connectivity index (χ2n) is 10.2. The first kappa shape index (κ1) is 27.5. The predicted octanol–water partition coefficient (Wildman–Crippen LogP) is 4.53. The molecule has 1 aromatic carbocycles. The van der Waals surface area contributed by atoms with E-state index in [1.165, 1.54) is 0 Å². The molecule has 1 atom stereocenters. The van der Waals surface area contributed by atoms with Gasteiger partial charge < -0.3 is 20.3 Å². The van der Waals surface area contributed by atoms with Crippen LogP contribution in [-0.4, -0.2) is 69.2 Å². The fraction of sp³-hybridized carbons (Fsp3) is 0.714. The molecule has 7 nitrogen and oxygen atoms in total. The van der Waals surface area contributed by atoms with Crippen LogP contribution in [0.2, 0.25) is 0 Å². The molecule has 3 rings (SSSR count). The average Bonchev–Trinajstić information content (AvgIpc) is 2.88. The summed E-state index contributed by atoms with van der Waals surface area (Å²) in [5, 5.41) is 6.22. The Bertz CT molecular complexity index is 801. The van der Waals surface area contributed by atoms with Gasteiger partial charge in [-0.3, -0.25) is 14.5 Å². The second-order valence-corrected chi connectivity index (χ2v) is 10.2. The molecular weight excluding hydrogens is 440 g/mol. The van der Waals surface area contributed by atoms with Crippen molar-refractivity contribution in [2.45, 2.75) is 65.7 Å². The topological polar surface area (TPSA) is 73.9 Å². The molecule has 7 heteroatoms. The van der Waals surface area contributed by atoms with Crippen molar-refractivity contribution in [1.82, 2.24) is 10.2 Å². The molecule has 2 aliphatic rings. The summed E-state index contributed by atoms with van der Waals surface area (Å²) in [5.41, 5.74) is 2.33. The largest absolute Gasteiger partial charge is 0.379 e. The quantitative estimate of drug-likeness (QED) is 0.425. The van der Waals surface area contributed by atoms with Gasteiger partial charge in [0.2, 0.25) is 5.91 Å². The maximum Gasteiger partial charge on any atom is 0.253 e. The molecule has 0 aromatic heterocycles. The van der Waals surface area contributed by atoms with Gasteiger partial charge in [-0.2, -0.15) is 0 Å². The lowest BCUT2D eigenvalue weighted by molar-refractivity contribution is -0.120. The molecule has 0 bridgehead atoms. The lowest BCUT2D eigenvalue weighted by Gasteiger charge is -2.33. The molecule has 2 heterocycles. The second kappa shape index (κ2) is 14.4. The van der Waals surface area contributed by atoms with Gasteiger partial charge in [-0.15, -0.1) is 0 Å². The number of morpholine rings is 1. The lowest BCUT2D eigenvalue weighted by atomic mass is 9.97. The Labute approximate surface area is 212 Å². The summed E-state index contributed by atoms with van der Waals surface area (Å²) in [7, 11) is 0. The van der Waals surface area contributed by atoms with Crippen molar-refractivity contribution in [1.29, 1.82) is 0 Å². The number of amides is 2. The van der Waals surface area contributed by atoms with Crippen LogP contribution < -0.4 is 15.5 Å². The molecule has 1 aromatic rings. The monoisotopic (exact) mass is 486 g/mol. The number of piperidine rings is 1. The lowest BCUT2D eigenvalue weighted by Crippen LogP contribution is -2.38. The third-order valence-electron chi connectivity index (χ3n) is 7.44. The number of benzene rings is 1. The average molecular weight is 487 g/mol. The number of anilines is 2. The van der Waals surface area contributed by atoms with E-state index in [4.69, 9.17) is 4.74 Å². The minimum atomic E-state index is -0.0604. The van der Waals surface area contributed by atoms with Gasteiger partial charge in [0.1, 0.15) is 0 Å². The van der Waals surface area contributed by atoms with Gasteiger partial charge in [-0.05, 0) is 62.8 Å². The summed E-state index contributed by atoms with van der Waals surface area (Å²) in [6.07, 6.45) is 7.04. The molecule has 196 valence electrons. The van der Waals surface area contributed by atoms with Gasteiger partial charge in [-0.25, -0.2) is 0 Å². The summed E-state index contributed by atoms with van der Waals surface area (Å²) in [5.74, 6) is 0.721. The normalized spacial score (nSPS) is 18.3. The zero-order chi connectivity index (χ0) is 25.0. The first-order valence-electron chi connectivity index (χ1n) is 13.8. The molecule has 2 fully saturated rings. The number of nitrogens with zero attached hydrogens (tertiary/aromatic N) is 2. The van der Waals surface area contributed by atoms with Crippen molar-refractivity contribution in [3.8, 4) is 0 Å². The van der Waals surface area contributed by atoms with Crippen molar-refractivity contribution in [2.24, 2.45) is 11.8 Å². The summed E-state index contributed by atoms with van der Waals surface area (Å²) in [6, 6.07) is 5.84.